The van der Waals surface area contributed by atoms with Crippen LogP contribution < -0.4 is 10.5 Å². The van der Waals surface area contributed by atoms with Gasteiger partial charge in [-0.15, -0.1) is 0 Å². The van der Waals surface area contributed by atoms with Crippen LogP contribution in [0.5, 0.6) is 0 Å². The Morgan fingerprint density at radius 1 is 1.11 bits per heavy atom. The molecule has 0 spiro atoms. The van der Waals surface area contributed by atoms with Crippen molar-refractivity contribution < 1.29 is 35.2 Å². The van der Waals surface area contributed by atoms with Crippen molar-refractivity contribution in [2.75, 3.05) is 0 Å². The molecule has 0 aliphatic carbocycles. The molecule has 0 unspecified atom stereocenters. The fourth-order valence-corrected chi connectivity index (χ4v) is 5.19. The van der Waals surface area contributed by atoms with Crippen LogP contribution in [0.25, 0.3) is 28.0 Å². The Kier molecular flexibility index (Phi) is 7.01. The molecule has 0 fully saturated rings. The molecule has 38 heavy (non-hydrogen) atoms. The number of halogens is 5. The van der Waals surface area contributed by atoms with E-state index in [0.717, 1.165) is 18.3 Å². The minimum atomic E-state index is -4.81. The molecule has 13 heteroatoms. The van der Waals surface area contributed by atoms with Crippen molar-refractivity contribution in [1.29, 1.82) is 0 Å². The number of nitrogens with zero attached hydrogens (tertiary/aromatic N) is 2. The lowest BCUT2D eigenvalue weighted by molar-refractivity contribution is -0.147. The minimum Gasteiger partial charge on any atom is -0.366 e. The molecule has 2 heterocycles. The van der Waals surface area contributed by atoms with E-state index in [0.29, 0.717) is 30.1 Å². The average molecular weight is 553 g/mol. The maximum atomic E-state index is 14.8. The lowest BCUT2D eigenvalue weighted by Crippen LogP contribution is -2.42. The highest BCUT2D eigenvalue weighted by Gasteiger charge is 2.39. The molecule has 3 N–H and O–H groups in total. The Balaban J connectivity index is 1.96. The number of alkyl halides is 3. The zero-order chi connectivity index (χ0) is 28.0. The number of carbonyl (C=O) groups excluding carboxylic acids is 1. The Bertz CT molecular complexity index is 1630. The number of rotatable bonds is 7. The second kappa shape index (κ2) is 9.80. The van der Waals surface area contributed by atoms with E-state index in [1.165, 1.54) is 45.7 Å². The van der Waals surface area contributed by atoms with Crippen LogP contribution in [0, 0.1) is 11.6 Å². The highest BCUT2D eigenvalue weighted by molar-refractivity contribution is 7.89. The van der Waals surface area contributed by atoms with Gasteiger partial charge in [0.25, 0.3) is 5.91 Å². The highest BCUT2D eigenvalue weighted by Crippen LogP contribution is 2.37. The van der Waals surface area contributed by atoms with Crippen LogP contribution in [0.1, 0.15) is 29.8 Å². The smallest absolute Gasteiger partial charge is 0.366 e. The van der Waals surface area contributed by atoms with Gasteiger partial charge >= 0.3 is 6.18 Å². The van der Waals surface area contributed by atoms with Crippen molar-refractivity contribution in [3.8, 4) is 17.1 Å². The lowest BCUT2D eigenvalue weighted by Gasteiger charge is -2.17. The van der Waals surface area contributed by atoms with Crippen molar-refractivity contribution in [3.05, 3.63) is 77.5 Å². The van der Waals surface area contributed by atoms with Gasteiger partial charge in [-0.05, 0) is 67.4 Å². The number of amides is 1. The largest absolute Gasteiger partial charge is 0.404 e. The Labute approximate surface area is 214 Å². The van der Waals surface area contributed by atoms with Crippen molar-refractivity contribution >= 4 is 26.8 Å². The van der Waals surface area contributed by atoms with E-state index >= 15 is 0 Å². The van der Waals surface area contributed by atoms with Crippen LogP contribution in [-0.2, 0) is 16.4 Å². The van der Waals surface area contributed by atoms with E-state index in [-0.39, 0.29) is 22.3 Å². The third-order valence-corrected chi connectivity index (χ3v) is 7.49. The van der Waals surface area contributed by atoms with Gasteiger partial charge in [-0.3, -0.25) is 9.78 Å². The number of primary amides is 1. The lowest BCUT2D eigenvalue weighted by atomic mass is 10.0. The molecule has 200 valence electrons. The first-order valence-corrected chi connectivity index (χ1v) is 12.7. The molecule has 0 saturated heterocycles. The third kappa shape index (κ3) is 4.98. The molecule has 4 aromatic rings. The predicted molar refractivity (Wildman–Crippen MR) is 130 cm³/mol. The van der Waals surface area contributed by atoms with Gasteiger partial charge in [0.1, 0.15) is 22.6 Å². The van der Waals surface area contributed by atoms with E-state index in [4.69, 9.17) is 5.73 Å². The van der Waals surface area contributed by atoms with Crippen molar-refractivity contribution in [3.63, 3.8) is 0 Å². The molecule has 2 aromatic heterocycles. The van der Waals surface area contributed by atoms with Gasteiger partial charge in [0.2, 0.25) is 10.0 Å². The maximum Gasteiger partial charge on any atom is 0.404 e. The van der Waals surface area contributed by atoms with Crippen LogP contribution >= 0.6 is 0 Å². The fourth-order valence-electron chi connectivity index (χ4n) is 4.02. The number of nitrogens with one attached hydrogen (secondary N) is 1. The van der Waals surface area contributed by atoms with Gasteiger partial charge in [-0.2, -0.15) is 17.9 Å². The number of hydrogen-bond donors (Lipinski definition) is 2. The summed E-state index contributed by atoms with van der Waals surface area (Å²) in [4.78, 5) is 16.1. The van der Waals surface area contributed by atoms with Crippen molar-refractivity contribution in [2.24, 2.45) is 5.73 Å². The zero-order valence-electron chi connectivity index (χ0n) is 20.0. The zero-order valence-corrected chi connectivity index (χ0v) is 20.8. The van der Waals surface area contributed by atoms with E-state index in [1.54, 1.807) is 6.92 Å². The summed E-state index contributed by atoms with van der Waals surface area (Å²) in [7, 11) is -4.60. The van der Waals surface area contributed by atoms with Crippen LogP contribution in [0.15, 0.2) is 59.6 Å². The number of aryl methyl sites for hydroxylation is 1. The summed E-state index contributed by atoms with van der Waals surface area (Å²) in [5, 5.41) is 0.144. The molecule has 0 aliphatic heterocycles. The number of carbonyl (C=O) groups is 1. The summed E-state index contributed by atoms with van der Waals surface area (Å²) in [6.45, 7) is 2.39. The van der Waals surface area contributed by atoms with E-state index in [2.05, 4.69) is 4.98 Å². The van der Waals surface area contributed by atoms with Crippen molar-refractivity contribution in [2.45, 2.75) is 37.4 Å². The number of nitrogens with two attached hydrogens (primary N) is 1. The second-order valence-electron chi connectivity index (χ2n) is 8.48. The first kappa shape index (κ1) is 27.2. The summed E-state index contributed by atoms with van der Waals surface area (Å²) in [5.74, 6) is -2.05. The molecule has 0 radical (unpaired) electrons. The van der Waals surface area contributed by atoms with Gasteiger partial charge in [0.15, 0.2) is 0 Å². The molecule has 1 amide bonds. The average Bonchev–Trinajstić information content (AvgIpc) is 3.17. The second-order valence-corrected chi connectivity index (χ2v) is 10.2. The number of aromatic nitrogens is 2. The van der Waals surface area contributed by atoms with Crippen LogP contribution in [-0.4, -0.2) is 36.1 Å². The number of hydrogen-bond acceptors (Lipinski definition) is 4. The minimum absolute atomic E-state index is 0.0144. The number of benzene rings is 2. The molecule has 1 atom stereocenters. The normalized spacial score (nSPS) is 13.1. The summed E-state index contributed by atoms with van der Waals surface area (Å²) >= 11 is 0. The van der Waals surface area contributed by atoms with Gasteiger partial charge in [-0.25, -0.2) is 17.2 Å². The Morgan fingerprint density at radius 3 is 2.29 bits per heavy atom. The molecular weight excluding hydrogens is 531 g/mol. The molecular formula is C25H21F5N4O3S. The predicted octanol–water partition coefficient (Wildman–Crippen LogP) is 4.86. The SMILES string of the molecule is CCc1cc2c(cc1F)c(C(N)=O)c(-c1ccc(S(=O)(=O)N[C@@H](C)C(F)(F)F)cn1)n2-c1ccc(F)cc1. The van der Waals surface area contributed by atoms with Crippen LogP contribution in [0.3, 0.4) is 0 Å². The van der Waals surface area contributed by atoms with Gasteiger partial charge in [0.05, 0.1) is 22.5 Å². The standard InChI is InChI=1S/C25H21F5N4O3S/c1-3-14-10-21-18(11-19(14)27)22(24(31)35)23(34(21)16-6-4-15(26)5-7-16)20-9-8-17(12-32-20)38(36,37)33-13(2)25(28,29)30/h4-13,33H,3H2,1-2H3,(H2,31,35)/t13-/m0/s1. The summed E-state index contributed by atoms with van der Waals surface area (Å²) in [6, 6.07) is 7.71. The quantitative estimate of drug-likeness (QED) is 0.319. The van der Waals surface area contributed by atoms with Crippen molar-refractivity contribution in [1.82, 2.24) is 14.3 Å². The maximum absolute atomic E-state index is 14.8. The van der Waals surface area contributed by atoms with Gasteiger partial charge in [0, 0.05) is 17.3 Å². The highest BCUT2D eigenvalue weighted by atomic mass is 32.2. The third-order valence-electron chi connectivity index (χ3n) is 5.96. The Hall–Kier alpha value is -3.84. The topological polar surface area (TPSA) is 107 Å². The number of pyridine rings is 1. The molecule has 0 aliphatic rings. The Morgan fingerprint density at radius 2 is 1.76 bits per heavy atom. The van der Waals surface area contributed by atoms with E-state index < -0.39 is 44.7 Å². The molecule has 2 aromatic carbocycles. The van der Waals surface area contributed by atoms with Crippen LogP contribution in [0.2, 0.25) is 0 Å². The first-order valence-electron chi connectivity index (χ1n) is 11.2. The molecule has 0 saturated carbocycles. The monoisotopic (exact) mass is 552 g/mol. The van der Waals surface area contributed by atoms with Gasteiger partial charge < -0.3 is 10.3 Å². The van der Waals surface area contributed by atoms with E-state index in [1.807, 2.05) is 0 Å². The summed E-state index contributed by atoms with van der Waals surface area (Å²) in [5.41, 5.74) is 6.68. The molecule has 7 nitrogen and oxygen atoms in total. The first-order chi connectivity index (χ1) is 17.7. The molecule has 0 bridgehead atoms. The molecule has 4 rings (SSSR count). The number of sulfonamides is 1. The fraction of sp³-hybridized carbons (Fsp3) is 0.200. The summed E-state index contributed by atoms with van der Waals surface area (Å²) in [6.07, 6.45) is -3.65. The van der Waals surface area contributed by atoms with Gasteiger partial charge in [-0.1, -0.05) is 6.92 Å². The summed E-state index contributed by atoms with van der Waals surface area (Å²) < 4.78 is 95.1. The van der Waals surface area contributed by atoms with Crippen LogP contribution in [0.4, 0.5) is 22.0 Å². The number of fused-ring (bicyclic) bond motifs is 1. The van der Waals surface area contributed by atoms with E-state index in [9.17, 15) is 35.2 Å².